The number of para-hydroxylation sites is 1. The van der Waals surface area contributed by atoms with Gasteiger partial charge in [-0.3, -0.25) is 4.79 Å². The molecule has 4 nitrogen and oxygen atoms in total. The maximum absolute atomic E-state index is 11.5. The Morgan fingerprint density at radius 2 is 1.72 bits per heavy atom. The van der Waals surface area contributed by atoms with E-state index in [1.165, 1.54) is 11.8 Å². The Balaban J connectivity index is 2.39. The third kappa shape index (κ3) is 4.69. The van der Waals surface area contributed by atoms with Gasteiger partial charge in [0.25, 0.3) is 0 Å². The first-order chi connectivity index (χ1) is 11.5. The molecule has 0 spiro atoms. The van der Waals surface area contributed by atoms with Crippen molar-refractivity contribution in [1.82, 2.24) is 0 Å². The lowest BCUT2D eigenvalue weighted by Gasteiger charge is -2.32. The Kier molecular flexibility index (Phi) is 6.07. The SMILES string of the molecule is CC(=O)SCC(=Cc1ccccc1N(C)C)B1OC(C)(C)C(C)(C)O1. The van der Waals surface area contributed by atoms with E-state index in [4.69, 9.17) is 9.31 Å². The topological polar surface area (TPSA) is 38.8 Å². The van der Waals surface area contributed by atoms with E-state index < -0.39 is 18.3 Å². The predicted molar refractivity (Wildman–Crippen MR) is 108 cm³/mol. The highest BCUT2D eigenvalue weighted by Crippen LogP contribution is 2.39. The van der Waals surface area contributed by atoms with Crippen molar-refractivity contribution < 1.29 is 14.1 Å². The van der Waals surface area contributed by atoms with E-state index in [0.717, 1.165) is 16.7 Å². The Labute approximate surface area is 156 Å². The molecule has 1 fully saturated rings. The lowest BCUT2D eigenvalue weighted by molar-refractivity contribution is -0.109. The van der Waals surface area contributed by atoms with Crippen LogP contribution in [0.3, 0.4) is 0 Å². The summed E-state index contributed by atoms with van der Waals surface area (Å²) in [6.07, 6.45) is 2.09. The molecule has 1 aliphatic heterocycles. The Morgan fingerprint density at radius 3 is 2.24 bits per heavy atom. The van der Waals surface area contributed by atoms with Gasteiger partial charge in [-0.05, 0) is 44.8 Å². The van der Waals surface area contributed by atoms with Crippen molar-refractivity contribution in [3.63, 3.8) is 0 Å². The fourth-order valence-corrected chi connectivity index (χ4v) is 3.16. The second-order valence-electron chi connectivity index (χ2n) is 7.54. The van der Waals surface area contributed by atoms with Crippen LogP contribution < -0.4 is 4.90 Å². The van der Waals surface area contributed by atoms with Crippen molar-refractivity contribution in [3.8, 4) is 0 Å². The largest absolute Gasteiger partial charge is 0.491 e. The van der Waals surface area contributed by atoms with Crippen molar-refractivity contribution in [2.45, 2.75) is 45.8 Å². The van der Waals surface area contributed by atoms with Crippen LogP contribution in [0.1, 0.15) is 40.2 Å². The van der Waals surface area contributed by atoms with Crippen LogP contribution in [-0.2, 0) is 14.1 Å². The molecule has 0 unspecified atom stereocenters. The summed E-state index contributed by atoms with van der Waals surface area (Å²) in [4.78, 5) is 13.6. The summed E-state index contributed by atoms with van der Waals surface area (Å²) in [5.41, 5.74) is 2.36. The number of hydrogen-bond donors (Lipinski definition) is 0. The van der Waals surface area contributed by atoms with Crippen molar-refractivity contribution in [2.75, 3.05) is 24.7 Å². The molecule has 0 aliphatic carbocycles. The smallest absolute Gasteiger partial charge is 0.400 e. The summed E-state index contributed by atoms with van der Waals surface area (Å²) < 4.78 is 12.4. The predicted octanol–water partition coefficient (Wildman–Crippen LogP) is 4.05. The van der Waals surface area contributed by atoms with Gasteiger partial charge < -0.3 is 14.2 Å². The maximum Gasteiger partial charge on any atom is 0.491 e. The molecule has 0 aromatic heterocycles. The van der Waals surface area contributed by atoms with Crippen LogP contribution in [0.25, 0.3) is 6.08 Å². The molecule has 0 bridgehead atoms. The average molecular weight is 361 g/mol. The molecule has 2 rings (SSSR count). The van der Waals surface area contributed by atoms with Crippen molar-refractivity contribution in [3.05, 3.63) is 35.3 Å². The molecule has 0 saturated carbocycles. The molecule has 1 heterocycles. The number of hydrogen-bond acceptors (Lipinski definition) is 5. The lowest BCUT2D eigenvalue weighted by atomic mass is 9.78. The van der Waals surface area contributed by atoms with Crippen LogP contribution in [0.15, 0.2) is 29.7 Å². The first-order valence-electron chi connectivity index (χ1n) is 8.49. The quantitative estimate of drug-likeness (QED) is 0.740. The molecule has 1 saturated heterocycles. The van der Waals surface area contributed by atoms with Crippen molar-refractivity contribution >= 4 is 35.8 Å². The Morgan fingerprint density at radius 1 is 1.16 bits per heavy atom. The third-order valence-corrected chi connectivity index (χ3v) is 5.64. The van der Waals surface area contributed by atoms with E-state index in [1.807, 2.05) is 53.9 Å². The van der Waals surface area contributed by atoms with Crippen LogP contribution in [0.5, 0.6) is 0 Å². The van der Waals surface area contributed by atoms with Crippen LogP contribution >= 0.6 is 11.8 Å². The van der Waals surface area contributed by atoms with E-state index >= 15 is 0 Å². The van der Waals surface area contributed by atoms with Crippen LogP contribution in [-0.4, -0.2) is 43.3 Å². The normalized spacial score (nSPS) is 19.2. The van der Waals surface area contributed by atoms with Gasteiger partial charge in [-0.25, -0.2) is 0 Å². The number of anilines is 1. The minimum Gasteiger partial charge on any atom is -0.400 e. The molecule has 25 heavy (non-hydrogen) atoms. The number of carbonyl (C=O) groups is 1. The molecule has 136 valence electrons. The summed E-state index contributed by atoms with van der Waals surface area (Å²) in [6, 6.07) is 8.18. The number of nitrogens with zero attached hydrogens (tertiary/aromatic N) is 1. The van der Waals surface area contributed by atoms with E-state index in [1.54, 1.807) is 6.92 Å². The fourth-order valence-electron chi connectivity index (χ4n) is 2.57. The van der Waals surface area contributed by atoms with Gasteiger partial charge >= 0.3 is 7.12 Å². The lowest BCUT2D eigenvalue weighted by Crippen LogP contribution is -2.41. The summed E-state index contributed by atoms with van der Waals surface area (Å²) in [5.74, 6) is 0.550. The Bertz CT molecular complexity index is 654. The van der Waals surface area contributed by atoms with Crippen molar-refractivity contribution in [2.24, 2.45) is 0 Å². The van der Waals surface area contributed by atoms with E-state index in [9.17, 15) is 4.79 Å². The first-order valence-corrected chi connectivity index (χ1v) is 9.48. The zero-order chi connectivity index (χ0) is 18.8. The molecular weight excluding hydrogens is 333 g/mol. The molecule has 0 atom stereocenters. The highest BCUT2D eigenvalue weighted by molar-refractivity contribution is 8.13. The second-order valence-corrected chi connectivity index (χ2v) is 8.69. The molecular formula is C19H28BNO3S. The standard InChI is InChI=1S/C19H28BNO3S/c1-14(22)25-13-16(20-23-18(2,3)19(4,5)24-20)12-15-10-8-9-11-17(15)21(6)7/h8-12H,13H2,1-7H3. The summed E-state index contributed by atoms with van der Waals surface area (Å²) in [7, 11) is 3.59. The Hall–Kier alpha value is -1.24. The molecule has 1 aromatic rings. The van der Waals surface area contributed by atoms with Gasteiger partial charge in [-0.2, -0.15) is 0 Å². The molecule has 6 heteroatoms. The minimum absolute atomic E-state index is 0.0864. The summed E-state index contributed by atoms with van der Waals surface area (Å²) >= 11 is 1.28. The minimum atomic E-state index is -0.452. The fraction of sp³-hybridized carbons (Fsp3) is 0.526. The summed E-state index contributed by atoms with van der Waals surface area (Å²) in [5, 5.41) is 0.0864. The molecule has 1 aliphatic rings. The van der Waals surface area contributed by atoms with Crippen LogP contribution in [0, 0.1) is 0 Å². The van der Waals surface area contributed by atoms with Crippen LogP contribution in [0.4, 0.5) is 5.69 Å². The number of rotatable bonds is 5. The third-order valence-electron chi connectivity index (χ3n) is 4.76. The molecule has 0 radical (unpaired) electrons. The highest BCUT2D eigenvalue weighted by Gasteiger charge is 2.52. The van der Waals surface area contributed by atoms with E-state index in [0.29, 0.717) is 5.75 Å². The van der Waals surface area contributed by atoms with Gasteiger partial charge in [0.15, 0.2) is 5.12 Å². The number of carbonyl (C=O) groups excluding carboxylic acids is 1. The molecule has 1 aromatic carbocycles. The molecule has 0 amide bonds. The van der Waals surface area contributed by atoms with Crippen molar-refractivity contribution in [1.29, 1.82) is 0 Å². The summed E-state index contributed by atoms with van der Waals surface area (Å²) in [6.45, 7) is 9.74. The zero-order valence-electron chi connectivity index (χ0n) is 16.3. The van der Waals surface area contributed by atoms with Gasteiger partial charge in [0.05, 0.1) is 11.2 Å². The van der Waals surface area contributed by atoms with Gasteiger partial charge in [0, 0.05) is 32.5 Å². The van der Waals surface area contributed by atoms with Gasteiger partial charge in [0.2, 0.25) is 0 Å². The van der Waals surface area contributed by atoms with Gasteiger partial charge in [0.1, 0.15) is 0 Å². The number of thioether (sulfide) groups is 1. The average Bonchev–Trinajstić information content (AvgIpc) is 2.71. The maximum atomic E-state index is 11.5. The van der Waals surface area contributed by atoms with Gasteiger partial charge in [-0.1, -0.05) is 36.0 Å². The van der Waals surface area contributed by atoms with Gasteiger partial charge in [-0.15, -0.1) is 0 Å². The molecule has 0 N–H and O–H groups in total. The highest BCUT2D eigenvalue weighted by atomic mass is 32.2. The first kappa shape index (κ1) is 20.1. The monoisotopic (exact) mass is 361 g/mol. The number of benzene rings is 1. The van der Waals surface area contributed by atoms with Crippen LogP contribution in [0.2, 0.25) is 0 Å². The zero-order valence-corrected chi connectivity index (χ0v) is 17.1. The van der Waals surface area contributed by atoms with E-state index in [2.05, 4.69) is 23.1 Å². The second kappa shape index (κ2) is 7.56. The van der Waals surface area contributed by atoms with E-state index in [-0.39, 0.29) is 5.12 Å².